The minimum atomic E-state index is -0.160. The molecule has 0 saturated carbocycles. The van der Waals surface area contributed by atoms with Crippen molar-refractivity contribution in [2.75, 3.05) is 0 Å². The van der Waals surface area contributed by atoms with Gasteiger partial charge in [0.25, 0.3) is 5.91 Å². The molecule has 15 heavy (non-hydrogen) atoms. The van der Waals surface area contributed by atoms with Crippen molar-refractivity contribution < 1.29 is 4.79 Å². The second-order valence-electron chi connectivity index (χ2n) is 4.14. The molecule has 0 fully saturated rings. The lowest BCUT2D eigenvalue weighted by Gasteiger charge is -2.22. The van der Waals surface area contributed by atoms with Crippen LogP contribution in [0.1, 0.15) is 30.4 Å². The molecule has 0 unspecified atom stereocenters. The average Bonchev–Trinajstić information content (AvgIpc) is 2.50. The molecule has 1 amide bonds. The molecular weight excluding hydrogens is 228 g/mol. The van der Waals surface area contributed by atoms with E-state index in [1.54, 1.807) is 6.07 Å². The maximum Gasteiger partial charge on any atom is 0.267 e. The van der Waals surface area contributed by atoms with Gasteiger partial charge in [0.15, 0.2) is 5.11 Å². The van der Waals surface area contributed by atoms with Gasteiger partial charge in [0.05, 0.1) is 4.88 Å². The molecule has 0 bridgehead atoms. The molecule has 0 saturated heterocycles. The van der Waals surface area contributed by atoms with Crippen LogP contribution >= 0.6 is 23.6 Å². The lowest BCUT2D eigenvalue weighted by Crippen LogP contribution is -2.47. The van der Waals surface area contributed by atoms with Crippen LogP contribution in [0, 0.1) is 0 Å². The summed E-state index contributed by atoms with van der Waals surface area (Å²) in [5.74, 6) is -0.160. The fourth-order valence-electron chi connectivity index (χ4n) is 0.944. The van der Waals surface area contributed by atoms with E-state index in [0.717, 1.165) is 0 Å². The SMILES string of the molecule is CC(C)(C)NC(=S)NC(=O)c1cccs1. The molecule has 0 aliphatic heterocycles. The number of carbonyl (C=O) groups is 1. The number of hydrogen-bond donors (Lipinski definition) is 2. The van der Waals surface area contributed by atoms with Crippen LogP contribution in [0.3, 0.4) is 0 Å². The first-order valence-electron chi connectivity index (χ1n) is 4.55. The molecule has 3 nitrogen and oxygen atoms in total. The van der Waals surface area contributed by atoms with Gasteiger partial charge in [0.2, 0.25) is 0 Å². The van der Waals surface area contributed by atoms with E-state index >= 15 is 0 Å². The molecule has 0 atom stereocenters. The Kier molecular flexibility index (Phi) is 3.82. The molecule has 1 aromatic heterocycles. The molecule has 0 aliphatic carbocycles. The Morgan fingerprint density at radius 1 is 1.47 bits per heavy atom. The summed E-state index contributed by atoms with van der Waals surface area (Å²) in [5.41, 5.74) is -0.139. The Balaban J connectivity index is 2.50. The van der Waals surface area contributed by atoms with Crippen molar-refractivity contribution in [2.45, 2.75) is 26.3 Å². The third-order valence-corrected chi connectivity index (χ3v) is 2.53. The predicted octanol–water partition coefficient (Wildman–Crippen LogP) is 2.15. The van der Waals surface area contributed by atoms with Gasteiger partial charge in [0, 0.05) is 5.54 Å². The average molecular weight is 242 g/mol. The van der Waals surface area contributed by atoms with Gasteiger partial charge in [0.1, 0.15) is 0 Å². The Morgan fingerprint density at radius 2 is 2.13 bits per heavy atom. The highest BCUT2D eigenvalue weighted by molar-refractivity contribution is 7.80. The van der Waals surface area contributed by atoms with Crippen molar-refractivity contribution in [3.05, 3.63) is 22.4 Å². The zero-order valence-electron chi connectivity index (χ0n) is 8.96. The molecule has 0 aliphatic rings. The lowest BCUT2D eigenvalue weighted by atomic mass is 10.1. The fraction of sp³-hybridized carbons (Fsp3) is 0.400. The summed E-state index contributed by atoms with van der Waals surface area (Å²) in [6.45, 7) is 5.95. The van der Waals surface area contributed by atoms with E-state index in [1.807, 2.05) is 32.2 Å². The summed E-state index contributed by atoms with van der Waals surface area (Å²) < 4.78 is 0. The molecule has 0 radical (unpaired) electrons. The van der Waals surface area contributed by atoms with Crippen LogP contribution in [0.25, 0.3) is 0 Å². The number of nitrogens with one attached hydrogen (secondary N) is 2. The van der Waals surface area contributed by atoms with Gasteiger partial charge >= 0.3 is 0 Å². The van der Waals surface area contributed by atoms with Crippen LogP contribution < -0.4 is 10.6 Å². The molecule has 1 rings (SSSR count). The van der Waals surface area contributed by atoms with E-state index in [1.165, 1.54) is 11.3 Å². The molecule has 82 valence electrons. The number of rotatable bonds is 1. The molecule has 0 spiro atoms. The first-order valence-corrected chi connectivity index (χ1v) is 5.84. The Bertz CT molecular complexity index is 352. The minimum Gasteiger partial charge on any atom is -0.358 e. The summed E-state index contributed by atoms with van der Waals surface area (Å²) in [6.07, 6.45) is 0. The lowest BCUT2D eigenvalue weighted by molar-refractivity contribution is 0.0980. The maximum atomic E-state index is 11.6. The zero-order chi connectivity index (χ0) is 11.5. The highest BCUT2D eigenvalue weighted by Gasteiger charge is 2.14. The van der Waals surface area contributed by atoms with E-state index in [0.29, 0.717) is 9.99 Å². The molecule has 5 heteroatoms. The van der Waals surface area contributed by atoms with Gasteiger partial charge in [-0.15, -0.1) is 11.3 Å². The van der Waals surface area contributed by atoms with Crippen LogP contribution in [0.15, 0.2) is 17.5 Å². The Morgan fingerprint density at radius 3 is 2.60 bits per heavy atom. The van der Waals surface area contributed by atoms with Crippen molar-refractivity contribution in [1.82, 2.24) is 10.6 Å². The summed E-state index contributed by atoms with van der Waals surface area (Å²) >= 11 is 6.41. The molecule has 2 N–H and O–H groups in total. The van der Waals surface area contributed by atoms with Gasteiger partial charge in [-0.3, -0.25) is 10.1 Å². The zero-order valence-corrected chi connectivity index (χ0v) is 10.6. The summed E-state index contributed by atoms with van der Waals surface area (Å²) in [5, 5.41) is 7.87. The van der Waals surface area contributed by atoms with E-state index in [-0.39, 0.29) is 11.4 Å². The predicted molar refractivity (Wildman–Crippen MR) is 67.3 cm³/mol. The van der Waals surface area contributed by atoms with Crippen LogP contribution in [-0.2, 0) is 0 Å². The maximum absolute atomic E-state index is 11.6. The van der Waals surface area contributed by atoms with Crippen LogP contribution in [0.5, 0.6) is 0 Å². The van der Waals surface area contributed by atoms with E-state index in [2.05, 4.69) is 10.6 Å². The van der Waals surface area contributed by atoms with Crippen LogP contribution in [-0.4, -0.2) is 16.6 Å². The van der Waals surface area contributed by atoms with Crippen LogP contribution in [0.2, 0.25) is 0 Å². The third-order valence-electron chi connectivity index (χ3n) is 1.46. The number of carbonyl (C=O) groups excluding carboxylic acids is 1. The second-order valence-corrected chi connectivity index (χ2v) is 5.49. The third kappa shape index (κ3) is 4.40. The normalized spacial score (nSPS) is 10.9. The minimum absolute atomic E-state index is 0.139. The fourth-order valence-corrected chi connectivity index (χ4v) is 1.96. The van der Waals surface area contributed by atoms with E-state index in [9.17, 15) is 4.79 Å². The molecule has 1 aromatic rings. The largest absolute Gasteiger partial charge is 0.358 e. The van der Waals surface area contributed by atoms with Gasteiger partial charge < -0.3 is 5.32 Å². The smallest absolute Gasteiger partial charge is 0.267 e. The first-order chi connectivity index (χ1) is 6.88. The van der Waals surface area contributed by atoms with E-state index < -0.39 is 0 Å². The van der Waals surface area contributed by atoms with Crippen LogP contribution in [0.4, 0.5) is 0 Å². The monoisotopic (exact) mass is 242 g/mol. The number of thiocarbonyl (C=S) groups is 1. The highest BCUT2D eigenvalue weighted by Crippen LogP contribution is 2.07. The van der Waals surface area contributed by atoms with Crippen molar-refractivity contribution in [2.24, 2.45) is 0 Å². The van der Waals surface area contributed by atoms with Crippen molar-refractivity contribution in [1.29, 1.82) is 0 Å². The summed E-state index contributed by atoms with van der Waals surface area (Å²) in [6, 6.07) is 3.60. The topological polar surface area (TPSA) is 41.1 Å². The highest BCUT2D eigenvalue weighted by atomic mass is 32.1. The summed E-state index contributed by atoms with van der Waals surface area (Å²) in [7, 11) is 0. The van der Waals surface area contributed by atoms with Crippen molar-refractivity contribution in [3.63, 3.8) is 0 Å². The van der Waals surface area contributed by atoms with Gasteiger partial charge in [-0.2, -0.15) is 0 Å². The van der Waals surface area contributed by atoms with E-state index in [4.69, 9.17) is 12.2 Å². The standard InChI is InChI=1S/C10H14N2OS2/c1-10(2,3)12-9(14)11-8(13)7-5-4-6-15-7/h4-6H,1-3H3,(H2,11,12,13,14). The Hall–Kier alpha value is -0.940. The quantitative estimate of drug-likeness (QED) is 0.741. The number of hydrogen-bond acceptors (Lipinski definition) is 3. The van der Waals surface area contributed by atoms with Gasteiger partial charge in [-0.1, -0.05) is 6.07 Å². The number of amides is 1. The van der Waals surface area contributed by atoms with Gasteiger partial charge in [-0.25, -0.2) is 0 Å². The molecule has 0 aromatic carbocycles. The molecule has 1 heterocycles. The second kappa shape index (κ2) is 4.72. The Labute approximate surface area is 98.9 Å². The van der Waals surface area contributed by atoms with Crippen molar-refractivity contribution >= 4 is 34.6 Å². The number of thiophene rings is 1. The first kappa shape index (κ1) is 12.1. The van der Waals surface area contributed by atoms with Crippen molar-refractivity contribution in [3.8, 4) is 0 Å². The molecular formula is C10H14N2OS2. The van der Waals surface area contributed by atoms with Gasteiger partial charge in [-0.05, 0) is 44.4 Å². The summed E-state index contributed by atoms with van der Waals surface area (Å²) in [4.78, 5) is 12.2.